The number of benzene rings is 1. The van der Waals surface area contributed by atoms with Crippen LogP contribution in [0.15, 0.2) is 65.4 Å². The van der Waals surface area contributed by atoms with E-state index < -0.39 is 24.0 Å². The smallest absolute Gasteiger partial charge is 0.257 e. The van der Waals surface area contributed by atoms with Gasteiger partial charge >= 0.3 is 0 Å². The molecule has 0 unspecified atom stereocenters. The van der Waals surface area contributed by atoms with Crippen molar-refractivity contribution >= 4 is 23.8 Å². The molecule has 8 heteroatoms. The number of amides is 2. The van der Waals surface area contributed by atoms with Crippen molar-refractivity contribution in [3.8, 4) is 0 Å². The lowest BCUT2D eigenvalue weighted by molar-refractivity contribution is -0.126. The summed E-state index contributed by atoms with van der Waals surface area (Å²) in [4.78, 5) is 31.7. The van der Waals surface area contributed by atoms with Crippen LogP contribution in [0.5, 0.6) is 0 Å². The van der Waals surface area contributed by atoms with Crippen LogP contribution in [0.25, 0.3) is 6.08 Å². The molecule has 2 amide bonds. The minimum absolute atomic E-state index is 0.231. The van der Waals surface area contributed by atoms with E-state index in [1.165, 1.54) is 18.4 Å². The van der Waals surface area contributed by atoms with Crippen molar-refractivity contribution in [2.45, 2.75) is 25.5 Å². The van der Waals surface area contributed by atoms with Gasteiger partial charge in [-0.05, 0) is 37.1 Å². The zero-order valence-corrected chi connectivity index (χ0v) is 15.8. The number of aliphatic hydroxyl groups is 1. The molecule has 2 aromatic heterocycles. The number of imidazole rings is 1. The Morgan fingerprint density at radius 2 is 2.03 bits per heavy atom. The second-order valence-corrected chi connectivity index (χ2v) is 6.50. The summed E-state index contributed by atoms with van der Waals surface area (Å²) in [6.45, 7) is 1.79. The highest BCUT2D eigenvalue weighted by molar-refractivity contribution is 5.95. The van der Waals surface area contributed by atoms with Crippen molar-refractivity contribution in [2.75, 3.05) is 5.32 Å². The van der Waals surface area contributed by atoms with Gasteiger partial charge in [-0.1, -0.05) is 30.3 Å². The normalized spacial score (nSPS) is 13.2. The number of anilines is 1. The first-order valence-electron chi connectivity index (χ1n) is 9.08. The third-order valence-electron chi connectivity index (χ3n) is 4.16. The number of aromatic amines is 1. The number of carbonyl (C=O) groups excluding carboxylic acids is 2. The number of rotatable bonds is 8. The van der Waals surface area contributed by atoms with Gasteiger partial charge in [0.1, 0.15) is 5.76 Å². The number of aryl methyl sites for hydroxylation is 1. The highest BCUT2D eigenvalue weighted by atomic mass is 16.3. The highest BCUT2D eigenvalue weighted by Crippen LogP contribution is 2.10. The van der Waals surface area contributed by atoms with Crippen molar-refractivity contribution in [3.63, 3.8) is 0 Å². The Balaban J connectivity index is 1.70. The number of H-pyrrole nitrogens is 1. The third-order valence-corrected chi connectivity index (χ3v) is 4.16. The minimum Gasteiger partial charge on any atom is -0.465 e. The standard InChI is InChI=1S/C21H22N4O4/c1-14-13-22-21(23-14)25-20(28)19(27)17(12-15-6-3-2-4-7-15)24-18(26)10-9-16-8-5-11-29-16/h2-11,13,17,19,27H,12H2,1H3,(H,24,26)(H2,22,23,25,28)/t17-,19+/m0/s1. The summed E-state index contributed by atoms with van der Waals surface area (Å²) in [5.41, 5.74) is 1.64. The van der Waals surface area contributed by atoms with Crippen LogP contribution in [0.2, 0.25) is 0 Å². The maximum Gasteiger partial charge on any atom is 0.257 e. The summed E-state index contributed by atoms with van der Waals surface area (Å²) < 4.78 is 5.15. The van der Waals surface area contributed by atoms with Crippen LogP contribution >= 0.6 is 0 Å². The van der Waals surface area contributed by atoms with Crippen molar-refractivity contribution in [1.82, 2.24) is 15.3 Å². The van der Waals surface area contributed by atoms with Gasteiger partial charge < -0.3 is 19.8 Å². The molecule has 8 nitrogen and oxygen atoms in total. The van der Waals surface area contributed by atoms with Crippen molar-refractivity contribution < 1.29 is 19.1 Å². The average molecular weight is 394 g/mol. The number of aromatic nitrogens is 2. The van der Waals surface area contributed by atoms with Gasteiger partial charge in [-0.15, -0.1) is 0 Å². The Hall–Kier alpha value is -3.65. The van der Waals surface area contributed by atoms with Crippen LogP contribution in [0.4, 0.5) is 5.95 Å². The minimum atomic E-state index is -1.48. The molecule has 2 atom stereocenters. The van der Waals surface area contributed by atoms with Crippen LogP contribution in [-0.2, 0) is 16.0 Å². The van der Waals surface area contributed by atoms with Gasteiger partial charge in [0.15, 0.2) is 6.10 Å². The monoisotopic (exact) mass is 394 g/mol. The maximum absolute atomic E-state index is 12.5. The van der Waals surface area contributed by atoms with E-state index in [9.17, 15) is 14.7 Å². The Morgan fingerprint density at radius 1 is 1.24 bits per heavy atom. The SMILES string of the molecule is Cc1cnc(NC(=O)[C@H](O)[C@H](Cc2ccccc2)NC(=O)C=Cc2ccco2)[nH]1. The molecule has 0 saturated carbocycles. The molecule has 0 spiro atoms. The largest absolute Gasteiger partial charge is 0.465 e. The van der Waals surface area contributed by atoms with Crippen molar-refractivity contribution in [3.05, 3.63) is 78.0 Å². The first-order valence-corrected chi connectivity index (χ1v) is 9.08. The van der Waals surface area contributed by atoms with Crippen molar-refractivity contribution in [1.29, 1.82) is 0 Å². The molecule has 150 valence electrons. The van der Waals surface area contributed by atoms with Crippen LogP contribution in [0.1, 0.15) is 17.0 Å². The molecule has 0 radical (unpaired) electrons. The Labute approximate surface area is 167 Å². The van der Waals surface area contributed by atoms with Gasteiger partial charge in [0, 0.05) is 18.0 Å². The van der Waals surface area contributed by atoms with E-state index >= 15 is 0 Å². The van der Waals surface area contributed by atoms with Gasteiger partial charge in [0.2, 0.25) is 11.9 Å². The summed E-state index contributed by atoms with van der Waals surface area (Å²) in [7, 11) is 0. The molecule has 2 heterocycles. The Morgan fingerprint density at radius 3 is 2.69 bits per heavy atom. The average Bonchev–Trinajstić information content (AvgIpc) is 3.38. The van der Waals surface area contributed by atoms with E-state index in [1.54, 1.807) is 25.3 Å². The molecule has 0 aliphatic rings. The number of hydrogen-bond acceptors (Lipinski definition) is 5. The first-order chi connectivity index (χ1) is 14.0. The number of nitrogens with one attached hydrogen (secondary N) is 3. The molecule has 0 aliphatic heterocycles. The van der Waals surface area contributed by atoms with E-state index in [-0.39, 0.29) is 12.4 Å². The fourth-order valence-corrected chi connectivity index (χ4v) is 2.73. The van der Waals surface area contributed by atoms with E-state index in [0.717, 1.165) is 11.3 Å². The molecule has 0 aliphatic carbocycles. The molecule has 0 fully saturated rings. The lowest BCUT2D eigenvalue weighted by atomic mass is 10.0. The number of furan rings is 1. The summed E-state index contributed by atoms with van der Waals surface area (Å²) in [6.07, 6.45) is 4.64. The van der Waals surface area contributed by atoms with Gasteiger partial charge in [-0.3, -0.25) is 14.9 Å². The lowest BCUT2D eigenvalue weighted by Gasteiger charge is -2.23. The molecular formula is C21H22N4O4. The fourth-order valence-electron chi connectivity index (χ4n) is 2.73. The van der Waals surface area contributed by atoms with Crippen LogP contribution < -0.4 is 10.6 Å². The molecule has 4 N–H and O–H groups in total. The maximum atomic E-state index is 12.5. The lowest BCUT2D eigenvalue weighted by Crippen LogP contribution is -2.49. The number of carbonyl (C=O) groups is 2. The molecule has 0 saturated heterocycles. The van der Waals surface area contributed by atoms with Gasteiger partial charge in [-0.25, -0.2) is 4.98 Å². The third kappa shape index (κ3) is 5.91. The number of hydrogen-bond donors (Lipinski definition) is 4. The van der Waals surface area contributed by atoms with E-state index in [0.29, 0.717) is 5.76 Å². The first kappa shape index (κ1) is 20.1. The quantitative estimate of drug-likeness (QED) is 0.436. The number of aliphatic hydroxyl groups excluding tert-OH is 1. The van der Waals surface area contributed by atoms with Gasteiger partial charge in [0.25, 0.3) is 5.91 Å². The molecule has 3 aromatic rings. The predicted molar refractivity (Wildman–Crippen MR) is 108 cm³/mol. The van der Waals surface area contributed by atoms with Gasteiger partial charge in [0.05, 0.1) is 12.3 Å². The van der Waals surface area contributed by atoms with Gasteiger partial charge in [-0.2, -0.15) is 0 Å². The molecule has 3 rings (SSSR count). The second-order valence-electron chi connectivity index (χ2n) is 6.50. The van der Waals surface area contributed by atoms with Crippen LogP contribution in [0.3, 0.4) is 0 Å². The highest BCUT2D eigenvalue weighted by Gasteiger charge is 2.28. The van der Waals surface area contributed by atoms with Crippen LogP contribution in [-0.4, -0.2) is 39.0 Å². The summed E-state index contributed by atoms with van der Waals surface area (Å²) in [6, 6.07) is 11.9. The van der Waals surface area contributed by atoms with E-state index in [4.69, 9.17) is 4.42 Å². The molecular weight excluding hydrogens is 372 g/mol. The Kier molecular flexibility index (Phi) is 6.59. The van der Waals surface area contributed by atoms with Crippen molar-refractivity contribution in [2.24, 2.45) is 0 Å². The Bertz CT molecular complexity index is 964. The fraction of sp³-hybridized carbons (Fsp3) is 0.190. The summed E-state index contributed by atoms with van der Waals surface area (Å²) in [5, 5.41) is 15.8. The zero-order chi connectivity index (χ0) is 20.6. The van der Waals surface area contributed by atoms with E-state index in [1.807, 2.05) is 30.3 Å². The second kappa shape index (κ2) is 9.52. The van der Waals surface area contributed by atoms with Crippen LogP contribution in [0, 0.1) is 6.92 Å². The van der Waals surface area contributed by atoms with E-state index in [2.05, 4.69) is 20.6 Å². The summed E-state index contributed by atoms with van der Waals surface area (Å²) in [5.74, 6) is -0.376. The molecule has 1 aromatic carbocycles. The zero-order valence-electron chi connectivity index (χ0n) is 15.8. The predicted octanol–water partition coefficient (Wildman–Crippen LogP) is 2.05. The summed E-state index contributed by atoms with van der Waals surface area (Å²) >= 11 is 0. The topological polar surface area (TPSA) is 120 Å². The number of nitrogens with zero attached hydrogens (tertiary/aromatic N) is 1. The molecule has 0 bridgehead atoms. The molecule has 29 heavy (non-hydrogen) atoms.